The fraction of sp³-hybridized carbons (Fsp3) is 0.200. The second-order valence-corrected chi connectivity index (χ2v) is 5.61. The first kappa shape index (κ1) is 15.0. The van der Waals surface area contributed by atoms with Crippen LogP contribution in [0.15, 0.2) is 41.3 Å². The van der Waals surface area contributed by atoms with Crippen LogP contribution in [-0.2, 0) is 5.75 Å². The van der Waals surface area contributed by atoms with Gasteiger partial charge in [-0.1, -0.05) is 17.7 Å². The molecule has 0 saturated carbocycles. The SMILES string of the molecule is CCOc1ccc(N)c(SCc2ccc(Cl)cc2F)c1. The molecule has 20 heavy (non-hydrogen) atoms. The average Bonchev–Trinajstić information content (AvgIpc) is 2.41. The molecule has 0 amide bonds. The lowest BCUT2D eigenvalue weighted by atomic mass is 10.2. The lowest BCUT2D eigenvalue weighted by molar-refractivity contribution is 0.339. The van der Waals surface area contributed by atoms with E-state index in [-0.39, 0.29) is 5.82 Å². The van der Waals surface area contributed by atoms with Gasteiger partial charge in [-0.3, -0.25) is 0 Å². The monoisotopic (exact) mass is 311 g/mol. The summed E-state index contributed by atoms with van der Waals surface area (Å²) in [5.74, 6) is 0.952. The van der Waals surface area contributed by atoms with Gasteiger partial charge in [0.25, 0.3) is 0 Å². The molecule has 0 aliphatic heterocycles. The minimum Gasteiger partial charge on any atom is -0.494 e. The zero-order valence-corrected chi connectivity index (χ0v) is 12.6. The summed E-state index contributed by atoms with van der Waals surface area (Å²) < 4.78 is 19.1. The van der Waals surface area contributed by atoms with Crippen molar-refractivity contribution in [1.29, 1.82) is 0 Å². The minimum absolute atomic E-state index is 0.301. The molecule has 0 radical (unpaired) electrons. The third kappa shape index (κ3) is 3.81. The Morgan fingerprint density at radius 3 is 2.75 bits per heavy atom. The van der Waals surface area contributed by atoms with E-state index >= 15 is 0 Å². The van der Waals surface area contributed by atoms with Gasteiger partial charge in [-0.25, -0.2) is 4.39 Å². The lowest BCUT2D eigenvalue weighted by Gasteiger charge is -2.09. The topological polar surface area (TPSA) is 35.2 Å². The molecule has 2 aromatic carbocycles. The van der Waals surface area contributed by atoms with Crippen molar-refractivity contribution in [3.8, 4) is 5.75 Å². The normalized spacial score (nSPS) is 10.6. The summed E-state index contributed by atoms with van der Waals surface area (Å²) in [6.07, 6.45) is 0. The fourth-order valence-electron chi connectivity index (χ4n) is 1.69. The summed E-state index contributed by atoms with van der Waals surface area (Å²) in [7, 11) is 0. The van der Waals surface area contributed by atoms with Gasteiger partial charge in [-0.2, -0.15) is 0 Å². The van der Waals surface area contributed by atoms with Gasteiger partial charge in [0, 0.05) is 21.4 Å². The Kier molecular flexibility index (Phi) is 5.15. The number of nitrogen functional groups attached to an aromatic ring is 1. The molecule has 0 heterocycles. The summed E-state index contributed by atoms with van der Waals surface area (Å²) in [5.41, 5.74) is 7.18. The Morgan fingerprint density at radius 2 is 2.05 bits per heavy atom. The summed E-state index contributed by atoms with van der Waals surface area (Å²) in [6.45, 7) is 2.52. The summed E-state index contributed by atoms with van der Waals surface area (Å²) in [6, 6.07) is 10.2. The van der Waals surface area contributed by atoms with Gasteiger partial charge in [-0.05, 0) is 42.8 Å². The highest BCUT2D eigenvalue weighted by Gasteiger charge is 2.07. The summed E-state index contributed by atoms with van der Waals surface area (Å²) >= 11 is 7.20. The number of nitrogens with two attached hydrogens (primary N) is 1. The average molecular weight is 312 g/mol. The number of rotatable bonds is 5. The van der Waals surface area contributed by atoms with Gasteiger partial charge >= 0.3 is 0 Å². The van der Waals surface area contributed by atoms with Gasteiger partial charge in [-0.15, -0.1) is 11.8 Å². The number of hydrogen-bond donors (Lipinski definition) is 1. The van der Waals surface area contributed by atoms with Gasteiger partial charge in [0.15, 0.2) is 0 Å². The summed E-state index contributed by atoms with van der Waals surface area (Å²) in [4.78, 5) is 0.880. The van der Waals surface area contributed by atoms with Crippen LogP contribution >= 0.6 is 23.4 Å². The van der Waals surface area contributed by atoms with E-state index in [9.17, 15) is 4.39 Å². The Hall–Kier alpha value is -1.39. The highest BCUT2D eigenvalue weighted by atomic mass is 35.5. The molecule has 0 bridgehead atoms. The molecule has 5 heteroatoms. The van der Waals surface area contributed by atoms with Gasteiger partial charge in [0.2, 0.25) is 0 Å². The molecular formula is C15H15ClFNOS. The van der Waals surface area contributed by atoms with E-state index in [0.29, 0.717) is 28.6 Å². The van der Waals surface area contributed by atoms with Crippen molar-refractivity contribution < 1.29 is 9.13 Å². The Balaban J connectivity index is 2.11. The molecule has 106 valence electrons. The van der Waals surface area contributed by atoms with Crippen molar-refractivity contribution in [3.05, 3.63) is 52.8 Å². The Morgan fingerprint density at radius 1 is 1.25 bits per heavy atom. The molecule has 0 aromatic heterocycles. The zero-order valence-electron chi connectivity index (χ0n) is 11.0. The number of benzene rings is 2. The van der Waals surface area contributed by atoms with E-state index in [4.69, 9.17) is 22.1 Å². The van der Waals surface area contributed by atoms with Crippen molar-refractivity contribution >= 4 is 29.1 Å². The van der Waals surface area contributed by atoms with Crippen LogP contribution in [0.1, 0.15) is 12.5 Å². The fourth-order valence-corrected chi connectivity index (χ4v) is 2.83. The van der Waals surface area contributed by atoms with E-state index < -0.39 is 0 Å². The van der Waals surface area contributed by atoms with Crippen LogP contribution in [0, 0.1) is 5.82 Å². The Bertz CT molecular complexity index is 606. The van der Waals surface area contributed by atoms with Crippen LogP contribution in [0.5, 0.6) is 5.75 Å². The van der Waals surface area contributed by atoms with Crippen LogP contribution in [0.3, 0.4) is 0 Å². The molecule has 0 unspecified atom stereocenters. The van der Waals surface area contributed by atoms with Gasteiger partial charge in [0.05, 0.1) is 6.61 Å². The van der Waals surface area contributed by atoms with Crippen molar-refractivity contribution in [1.82, 2.24) is 0 Å². The highest BCUT2D eigenvalue weighted by molar-refractivity contribution is 7.98. The van der Waals surface area contributed by atoms with E-state index in [2.05, 4.69) is 0 Å². The second kappa shape index (κ2) is 6.86. The molecule has 2 rings (SSSR count). The van der Waals surface area contributed by atoms with Crippen molar-refractivity contribution in [2.24, 2.45) is 0 Å². The van der Waals surface area contributed by atoms with Crippen LogP contribution < -0.4 is 10.5 Å². The first-order chi connectivity index (χ1) is 9.60. The minimum atomic E-state index is -0.301. The number of thioether (sulfide) groups is 1. The van der Waals surface area contributed by atoms with E-state index in [1.807, 2.05) is 19.1 Å². The maximum absolute atomic E-state index is 13.7. The molecule has 0 spiro atoms. The molecule has 2 aromatic rings. The van der Waals surface area contributed by atoms with Crippen molar-refractivity contribution in [3.63, 3.8) is 0 Å². The number of anilines is 1. The van der Waals surface area contributed by atoms with E-state index in [1.165, 1.54) is 17.8 Å². The second-order valence-electron chi connectivity index (χ2n) is 4.16. The first-order valence-electron chi connectivity index (χ1n) is 6.19. The number of halogens is 2. The third-order valence-electron chi connectivity index (χ3n) is 2.69. The van der Waals surface area contributed by atoms with Crippen LogP contribution in [-0.4, -0.2) is 6.61 Å². The summed E-state index contributed by atoms with van der Waals surface area (Å²) in [5, 5.41) is 0.397. The quantitative estimate of drug-likeness (QED) is 0.639. The molecule has 0 aliphatic carbocycles. The van der Waals surface area contributed by atoms with Crippen LogP contribution in [0.25, 0.3) is 0 Å². The largest absolute Gasteiger partial charge is 0.494 e. The lowest BCUT2D eigenvalue weighted by Crippen LogP contribution is -1.95. The maximum Gasteiger partial charge on any atom is 0.128 e. The number of hydrogen-bond acceptors (Lipinski definition) is 3. The van der Waals surface area contributed by atoms with E-state index in [0.717, 1.165) is 10.6 Å². The van der Waals surface area contributed by atoms with Crippen LogP contribution in [0.4, 0.5) is 10.1 Å². The molecular weight excluding hydrogens is 297 g/mol. The standard InChI is InChI=1S/C15H15ClFNOS/c1-2-19-12-5-6-14(18)15(8-12)20-9-10-3-4-11(16)7-13(10)17/h3-8H,2,9,18H2,1H3. The van der Waals surface area contributed by atoms with E-state index in [1.54, 1.807) is 18.2 Å². The molecule has 0 saturated heterocycles. The van der Waals surface area contributed by atoms with Crippen LogP contribution in [0.2, 0.25) is 5.02 Å². The maximum atomic E-state index is 13.7. The number of ether oxygens (including phenoxy) is 1. The Labute approximate surface area is 127 Å². The highest BCUT2D eigenvalue weighted by Crippen LogP contribution is 2.32. The molecule has 2 nitrogen and oxygen atoms in total. The molecule has 0 aliphatic rings. The smallest absolute Gasteiger partial charge is 0.128 e. The zero-order chi connectivity index (χ0) is 14.5. The molecule has 2 N–H and O–H groups in total. The predicted octanol–water partition coefficient (Wildman–Crippen LogP) is 4.75. The first-order valence-corrected chi connectivity index (χ1v) is 7.55. The molecule has 0 fully saturated rings. The third-order valence-corrected chi connectivity index (χ3v) is 4.05. The van der Waals surface area contributed by atoms with Gasteiger partial charge < -0.3 is 10.5 Å². The van der Waals surface area contributed by atoms with Crippen molar-refractivity contribution in [2.45, 2.75) is 17.6 Å². The van der Waals surface area contributed by atoms with Crippen molar-refractivity contribution in [2.75, 3.05) is 12.3 Å². The predicted molar refractivity (Wildman–Crippen MR) is 83.0 cm³/mol. The van der Waals surface area contributed by atoms with Gasteiger partial charge in [0.1, 0.15) is 11.6 Å². The molecule has 0 atom stereocenters.